The summed E-state index contributed by atoms with van der Waals surface area (Å²) in [5, 5.41) is 0. The molecular weight excluding hydrogens is 252 g/mol. The van der Waals surface area contributed by atoms with E-state index in [1.165, 1.54) is 11.9 Å². The minimum atomic E-state index is 0.239. The minimum Gasteiger partial charge on any atom is -0.496 e. The molecule has 106 valence electrons. The number of methoxy groups -OCH3 is 1. The predicted molar refractivity (Wildman–Crippen MR) is 81.0 cm³/mol. The fourth-order valence-corrected chi connectivity index (χ4v) is 2.16. The van der Waals surface area contributed by atoms with Crippen molar-refractivity contribution in [3.63, 3.8) is 0 Å². The molecule has 0 radical (unpaired) electrons. The number of nitrogens with zero attached hydrogens (tertiary/aromatic N) is 3. The Kier molecular flexibility index (Phi) is 4.40. The van der Waals surface area contributed by atoms with Gasteiger partial charge in [-0.25, -0.2) is 9.97 Å². The third-order valence-electron chi connectivity index (χ3n) is 3.42. The number of para-hydroxylation sites is 1. The number of hydrogen-bond donors (Lipinski definition) is 1. The zero-order valence-corrected chi connectivity index (χ0v) is 12.1. The molecule has 2 aromatic rings. The number of hydrogen-bond acceptors (Lipinski definition) is 5. The van der Waals surface area contributed by atoms with Crippen molar-refractivity contribution in [3.05, 3.63) is 42.4 Å². The molecule has 0 saturated carbocycles. The Balaban J connectivity index is 2.16. The highest BCUT2D eigenvalue weighted by Crippen LogP contribution is 2.24. The molecule has 5 heteroatoms. The quantitative estimate of drug-likeness (QED) is 0.903. The van der Waals surface area contributed by atoms with E-state index in [1.807, 2.05) is 25.2 Å². The number of likely N-dealkylation sites (N-methyl/N-ethyl adjacent to an activating group) is 1. The van der Waals surface area contributed by atoms with Crippen molar-refractivity contribution in [1.82, 2.24) is 9.97 Å². The van der Waals surface area contributed by atoms with Crippen LogP contribution in [-0.4, -0.2) is 30.2 Å². The number of anilines is 2. The van der Waals surface area contributed by atoms with Crippen LogP contribution >= 0.6 is 0 Å². The minimum absolute atomic E-state index is 0.239. The molecule has 1 atom stereocenters. The molecule has 2 rings (SSSR count). The van der Waals surface area contributed by atoms with Gasteiger partial charge in [-0.05, 0) is 25.0 Å². The van der Waals surface area contributed by atoms with E-state index in [0.29, 0.717) is 5.69 Å². The van der Waals surface area contributed by atoms with Crippen molar-refractivity contribution in [2.45, 2.75) is 19.4 Å². The second kappa shape index (κ2) is 6.23. The van der Waals surface area contributed by atoms with Crippen LogP contribution in [0.25, 0.3) is 0 Å². The Morgan fingerprint density at radius 2 is 2.10 bits per heavy atom. The first-order valence-electron chi connectivity index (χ1n) is 6.53. The lowest BCUT2D eigenvalue weighted by Gasteiger charge is -2.27. The van der Waals surface area contributed by atoms with E-state index in [4.69, 9.17) is 10.5 Å². The third kappa shape index (κ3) is 2.99. The monoisotopic (exact) mass is 272 g/mol. The SMILES string of the molecule is COc1ccccc1CC(C)N(C)c1ncncc1N. The summed E-state index contributed by atoms with van der Waals surface area (Å²) in [6.45, 7) is 2.13. The predicted octanol–water partition coefficient (Wildman–Crippen LogP) is 2.13. The molecule has 0 fully saturated rings. The number of rotatable bonds is 5. The van der Waals surface area contributed by atoms with Gasteiger partial charge in [-0.3, -0.25) is 0 Å². The van der Waals surface area contributed by atoms with Crippen LogP contribution in [0.2, 0.25) is 0 Å². The van der Waals surface area contributed by atoms with Gasteiger partial charge in [-0.2, -0.15) is 0 Å². The summed E-state index contributed by atoms with van der Waals surface area (Å²) in [4.78, 5) is 10.2. The van der Waals surface area contributed by atoms with E-state index < -0.39 is 0 Å². The lowest BCUT2D eigenvalue weighted by molar-refractivity contribution is 0.408. The molecule has 0 aliphatic carbocycles. The van der Waals surface area contributed by atoms with Gasteiger partial charge in [0, 0.05) is 13.1 Å². The van der Waals surface area contributed by atoms with Gasteiger partial charge in [0.1, 0.15) is 12.1 Å². The standard InChI is InChI=1S/C15H20N4O/c1-11(8-12-6-4-5-7-14(12)20-3)19(2)15-13(16)9-17-10-18-15/h4-7,9-11H,8,16H2,1-3H3. The second-order valence-electron chi connectivity index (χ2n) is 4.78. The zero-order valence-electron chi connectivity index (χ0n) is 12.1. The summed E-state index contributed by atoms with van der Waals surface area (Å²) in [5.74, 6) is 1.66. The van der Waals surface area contributed by atoms with Crippen LogP contribution in [0.5, 0.6) is 5.75 Å². The molecule has 5 nitrogen and oxygen atoms in total. The Morgan fingerprint density at radius 3 is 2.80 bits per heavy atom. The molecule has 2 N–H and O–H groups in total. The molecule has 1 unspecified atom stereocenters. The zero-order chi connectivity index (χ0) is 14.5. The fourth-order valence-electron chi connectivity index (χ4n) is 2.16. The van der Waals surface area contributed by atoms with Crippen LogP contribution in [0.1, 0.15) is 12.5 Å². The average molecular weight is 272 g/mol. The molecule has 1 aromatic heterocycles. The third-order valence-corrected chi connectivity index (χ3v) is 3.42. The molecule has 1 aromatic carbocycles. The maximum absolute atomic E-state index is 5.92. The van der Waals surface area contributed by atoms with Gasteiger partial charge in [0.2, 0.25) is 0 Å². The Morgan fingerprint density at radius 1 is 1.35 bits per heavy atom. The normalized spacial score (nSPS) is 11.9. The van der Waals surface area contributed by atoms with E-state index in [2.05, 4.69) is 27.9 Å². The molecule has 0 saturated heterocycles. The molecule has 0 aliphatic heterocycles. The van der Waals surface area contributed by atoms with Crippen LogP contribution in [0.4, 0.5) is 11.5 Å². The van der Waals surface area contributed by atoms with Crippen LogP contribution in [0, 0.1) is 0 Å². The summed E-state index contributed by atoms with van der Waals surface area (Å²) in [5.41, 5.74) is 7.67. The molecule has 0 bridgehead atoms. The van der Waals surface area contributed by atoms with Crippen molar-refractivity contribution < 1.29 is 4.74 Å². The van der Waals surface area contributed by atoms with Crippen LogP contribution < -0.4 is 15.4 Å². The second-order valence-corrected chi connectivity index (χ2v) is 4.78. The van der Waals surface area contributed by atoms with E-state index in [0.717, 1.165) is 18.0 Å². The molecule has 20 heavy (non-hydrogen) atoms. The van der Waals surface area contributed by atoms with Crippen molar-refractivity contribution >= 4 is 11.5 Å². The highest BCUT2D eigenvalue weighted by molar-refractivity contribution is 5.61. The molecule has 1 heterocycles. The van der Waals surface area contributed by atoms with Crippen molar-refractivity contribution in [1.29, 1.82) is 0 Å². The van der Waals surface area contributed by atoms with Gasteiger partial charge in [0.25, 0.3) is 0 Å². The topological polar surface area (TPSA) is 64.3 Å². The molecule has 0 aliphatic rings. The lowest BCUT2D eigenvalue weighted by Crippen LogP contribution is -2.32. The molecule has 0 spiro atoms. The van der Waals surface area contributed by atoms with Crippen LogP contribution in [-0.2, 0) is 6.42 Å². The first-order valence-corrected chi connectivity index (χ1v) is 6.53. The van der Waals surface area contributed by atoms with Crippen molar-refractivity contribution in [2.75, 3.05) is 24.8 Å². The van der Waals surface area contributed by atoms with Gasteiger partial charge in [-0.15, -0.1) is 0 Å². The van der Waals surface area contributed by atoms with E-state index >= 15 is 0 Å². The van der Waals surface area contributed by atoms with Gasteiger partial charge in [0.05, 0.1) is 19.0 Å². The van der Waals surface area contributed by atoms with Gasteiger partial charge in [-0.1, -0.05) is 18.2 Å². The van der Waals surface area contributed by atoms with E-state index in [-0.39, 0.29) is 6.04 Å². The summed E-state index contributed by atoms with van der Waals surface area (Å²) < 4.78 is 5.39. The number of benzene rings is 1. The maximum atomic E-state index is 5.92. The number of ether oxygens (including phenoxy) is 1. The molecular formula is C15H20N4O. The molecule has 0 amide bonds. The Labute approximate surface area is 119 Å². The summed E-state index contributed by atoms with van der Waals surface area (Å²) in [6, 6.07) is 8.28. The van der Waals surface area contributed by atoms with Crippen LogP contribution in [0.3, 0.4) is 0 Å². The average Bonchev–Trinajstić information content (AvgIpc) is 2.47. The fraction of sp³-hybridized carbons (Fsp3) is 0.333. The number of nitrogen functional groups attached to an aromatic ring is 1. The number of nitrogens with two attached hydrogens (primary N) is 1. The first-order chi connectivity index (χ1) is 9.63. The highest BCUT2D eigenvalue weighted by Gasteiger charge is 2.16. The van der Waals surface area contributed by atoms with Gasteiger partial charge >= 0.3 is 0 Å². The van der Waals surface area contributed by atoms with Crippen molar-refractivity contribution in [2.24, 2.45) is 0 Å². The Bertz CT molecular complexity index is 573. The van der Waals surface area contributed by atoms with E-state index in [9.17, 15) is 0 Å². The Hall–Kier alpha value is -2.30. The highest BCUT2D eigenvalue weighted by atomic mass is 16.5. The van der Waals surface area contributed by atoms with Gasteiger partial charge < -0.3 is 15.4 Å². The van der Waals surface area contributed by atoms with Crippen molar-refractivity contribution in [3.8, 4) is 5.75 Å². The smallest absolute Gasteiger partial charge is 0.155 e. The summed E-state index contributed by atoms with van der Waals surface area (Å²) in [6.07, 6.45) is 3.98. The largest absolute Gasteiger partial charge is 0.496 e. The maximum Gasteiger partial charge on any atom is 0.155 e. The van der Waals surface area contributed by atoms with Crippen LogP contribution in [0.15, 0.2) is 36.8 Å². The number of aromatic nitrogens is 2. The summed E-state index contributed by atoms with van der Waals surface area (Å²) >= 11 is 0. The lowest BCUT2D eigenvalue weighted by atomic mass is 10.1. The van der Waals surface area contributed by atoms with Gasteiger partial charge in [0.15, 0.2) is 5.82 Å². The van der Waals surface area contributed by atoms with E-state index in [1.54, 1.807) is 13.3 Å². The summed E-state index contributed by atoms with van der Waals surface area (Å²) in [7, 11) is 3.67. The first kappa shape index (κ1) is 14.1.